The van der Waals surface area contributed by atoms with Crippen LogP contribution in [0.2, 0.25) is 0 Å². The van der Waals surface area contributed by atoms with Crippen molar-refractivity contribution in [2.24, 2.45) is 35.5 Å². The zero-order valence-corrected chi connectivity index (χ0v) is 20.3. The van der Waals surface area contributed by atoms with E-state index in [0.29, 0.717) is 11.4 Å². The Bertz CT molecular complexity index is 1170. The molecule has 6 rings (SSSR count). The van der Waals surface area contributed by atoms with Crippen LogP contribution in [-0.2, 0) is 32.0 Å². The van der Waals surface area contributed by atoms with Crippen LogP contribution in [0.15, 0.2) is 72.8 Å². The maximum Gasteiger partial charge on any atom is 0.241 e. The number of hydrogen-bond acceptors (Lipinski definition) is 4. The Morgan fingerprint density at radius 3 is 1.03 bits per heavy atom. The first-order valence-electron chi connectivity index (χ1n) is 12.7. The van der Waals surface area contributed by atoms with Gasteiger partial charge in [-0.1, -0.05) is 62.4 Å². The lowest BCUT2D eigenvalue weighted by atomic mass is 9.55. The summed E-state index contributed by atoms with van der Waals surface area (Å²) < 4.78 is 0. The highest BCUT2D eigenvalue weighted by Crippen LogP contribution is 2.53. The van der Waals surface area contributed by atoms with E-state index < -0.39 is 35.5 Å². The van der Waals surface area contributed by atoms with E-state index in [2.05, 4.69) is 13.8 Å². The second-order valence-electron chi connectivity index (χ2n) is 10.1. The number of piperidine rings is 2. The second-order valence-corrected chi connectivity index (χ2v) is 10.1. The maximum absolute atomic E-state index is 13.6. The number of amides is 4. The largest absolute Gasteiger partial charge is 0.273 e. The molecule has 4 aliphatic rings. The first-order chi connectivity index (χ1) is 17.4. The summed E-state index contributed by atoms with van der Waals surface area (Å²) in [6.45, 7) is 4.11. The number of rotatable bonds is 4. The molecule has 2 aromatic carbocycles. The monoisotopic (exact) mass is 480 g/mol. The first-order valence-corrected chi connectivity index (χ1v) is 12.7. The third kappa shape index (κ3) is 3.16. The Morgan fingerprint density at radius 1 is 0.500 bits per heavy atom. The molecule has 2 aromatic rings. The van der Waals surface area contributed by atoms with Crippen LogP contribution in [0, 0.1) is 35.5 Å². The predicted molar refractivity (Wildman–Crippen MR) is 136 cm³/mol. The average Bonchev–Trinajstić information content (AvgIpc) is 2.91. The number of anilines is 2. The van der Waals surface area contributed by atoms with Gasteiger partial charge < -0.3 is 0 Å². The fourth-order valence-electron chi connectivity index (χ4n) is 6.47. The van der Waals surface area contributed by atoms with E-state index in [1.54, 1.807) is 24.3 Å². The highest BCUT2D eigenvalue weighted by molar-refractivity contribution is 6.22. The van der Waals surface area contributed by atoms with Gasteiger partial charge in [0.15, 0.2) is 0 Å². The number of hydrogen-bond donors (Lipinski definition) is 0. The third-order valence-electron chi connectivity index (χ3n) is 8.38. The molecule has 2 aliphatic carbocycles. The van der Waals surface area contributed by atoms with Crippen LogP contribution in [-0.4, -0.2) is 23.6 Å². The van der Waals surface area contributed by atoms with Gasteiger partial charge in [-0.15, -0.1) is 0 Å². The zero-order chi connectivity index (χ0) is 25.1. The van der Waals surface area contributed by atoms with Gasteiger partial charge in [0, 0.05) is 0 Å². The quantitative estimate of drug-likeness (QED) is 0.488. The topological polar surface area (TPSA) is 74.8 Å². The summed E-state index contributed by atoms with van der Waals surface area (Å²) in [6, 6.07) is 15.0. The molecule has 0 bridgehead atoms. The third-order valence-corrected chi connectivity index (χ3v) is 8.38. The predicted octanol–water partition coefficient (Wildman–Crippen LogP) is 4.09. The lowest BCUT2D eigenvalue weighted by molar-refractivity contribution is -0.148. The summed E-state index contributed by atoms with van der Waals surface area (Å²) in [6.07, 6.45) is 8.92. The Morgan fingerprint density at radius 2 is 0.778 bits per heavy atom. The van der Waals surface area contributed by atoms with Crippen LogP contribution in [0.1, 0.15) is 25.0 Å². The number of carbonyl (C=O) groups excluding carboxylic acids is 4. The number of aryl methyl sites for hydroxylation is 2. The van der Waals surface area contributed by atoms with Crippen molar-refractivity contribution in [2.45, 2.75) is 26.7 Å². The first kappa shape index (κ1) is 22.7. The second kappa shape index (κ2) is 8.40. The lowest BCUT2D eigenvalue weighted by Crippen LogP contribution is -2.64. The molecule has 2 aliphatic heterocycles. The summed E-state index contributed by atoms with van der Waals surface area (Å²) in [5, 5.41) is 0. The van der Waals surface area contributed by atoms with Crippen molar-refractivity contribution in [3.63, 3.8) is 0 Å². The SMILES string of the molecule is CCc1ccc(N2C(=O)[C@H]3C=C[C@@H]4C(=O)N(c5ccc(CC)cc5)C(=O)[C@H]5C=C[C@H](C2=O)C3C45)cc1. The van der Waals surface area contributed by atoms with Crippen molar-refractivity contribution >= 4 is 35.0 Å². The van der Waals surface area contributed by atoms with E-state index in [1.807, 2.05) is 48.5 Å². The minimum absolute atomic E-state index is 0.285. The highest BCUT2D eigenvalue weighted by Gasteiger charge is 2.60. The average molecular weight is 481 g/mol. The Balaban J connectivity index is 1.39. The molecule has 2 fully saturated rings. The lowest BCUT2D eigenvalue weighted by Gasteiger charge is -2.53. The molecule has 4 amide bonds. The van der Waals surface area contributed by atoms with Crippen molar-refractivity contribution < 1.29 is 19.2 Å². The van der Waals surface area contributed by atoms with Gasteiger partial charge in [0.2, 0.25) is 23.6 Å². The van der Waals surface area contributed by atoms with Gasteiger partial charge in [-0.2, -0.15) is 0 Å². The fourth-order valence-corrected chi connectivity index (χ4v) is 6.47. The van der Waals surface area contributed by atoms with Crippen molar-refractivity contribution in [2.75, 3.05) is 9.80 Å². The molecule has 0 spiro atoms. The van der Waals surface area contributed by atoms with Gasteiger partial charge in [0.1, 0.15) is 0 Å². The van der Waals surface area contributed by atoms with Gasteiger partial charge in [-0.3, -0.25) is 19.2 Å². The van der Waals surface area contributed by atoms with Crippen molar-refractivity contribution in [3.05, 3.63) is 84.0 Å². The molecule has 0 aromatic heterocycles. The smallest absolute Gasteiger partial charge is 0.241 e. The van der Waals surface area contributed by atoms with Crippen LogP contribution >= 0.6 is 0 Å². The molecule has 6 heteroatoms. The van der Waals surface area contributed by atoms with Gasteiger partial charge in [-0.05, 0) is 60.1 Å². The molecule has 0 N–H and O–H groups in total. The van der Waals surface area contributed by atoms with E-state index >= 15 is 0 Å². The summed E-state index contributed by atoms with van der Waals surface area (Å²) in [4.78, 5) is 57.1. The highest BCUT2D eigenvalue weighted by atomic mass is 16.2. The summed E-state index contributed by atoms with van der Waals surface area (Å²) in [5.74, 6) is -4.16. The van der Waals surface area contributed by atoms with Crippen molar-refractivity contribution in [1.29, 1.82) is 0 Å². The van der Waals surface area contributed by atoms with Crippen LogP contribution < -0.4 is 9.80 Å². The van der Waals surface area contributed by atoms with E-state index in [1.165, 1.54) is 9.80 Å². The molecular formula is C30H28N2O4. The van der Waals surface area contributed by atoms with E-state index in [-0.39, 0.29) is 23.6 Å². The number of imide groups is 2. The molecule has 36 heavy (non-hydrogen) atoms. The van der Waals surface area contributed by atoms with E-state index in [4.69, 9.17) is 0 Å². The number of benzene rings is 2. The number of nitrogens with zero attached hydrogens (tertiary/aromatic N) is 2. The van der Waals surface area contributed by atoms with Gasteiger partial charge in [0.25, 0.3) is 0 Å². The molecule has 182 valence electrons. The van der Waals surface area contributed by atoms with E-state index in [9.17, 15) is 19.2 Å². The van der Waals surface area contributed by atoms with Crippen molar-refractivity contribution in [3.8, 4) is 0 Å². The van der Waals surface area contributed by atoms with Crippen LogP contribution in [0.3, 0.4) is 0 Å². The molecule has 0 saturated carbocycles. The van der Waals surface area contributed by atoms with Crippen LogP contribution in [0.4, 0.5) is 11.4 Å². The Kier molecular flexibility index (Phi) is 5.29. The summed E-state index contributed by atoms with van der Waals surface area (Å²) >= 11 is 0. The zero-order valence-electron chi connectivity index (χ0n) is 20.3. The molecule has 6 nitrogen and oxygen atoms in total. The Labute approximate surface area is 210 Å². The molecule has 0 unspecified atom stereocenters. The van der Waals surface area contributed by atoms with E-state index in [0.717, 1.165) is 24.0 Å². The fraction of sp³-hybridized carbons (Fsp3) is 0.333. The molecule has 2 saturated heterocycles. The molecule has 0 radical (unpaired) electrons. The van der Waals surface area contributed by atoms with Crippen LogP contribution in [0.5, 0.6) is 0 Å². The van der Waals surface area contributed by atoms with Gasteiger partial charge in [-0.25, -0.2) is 9.80 Å². The Hall–Kier alpha value is -3.80. The summed E-state index contributed by atoms with van der Waals surface area (Å²) in [7, 11) is 0. The van der Waals surface area contributed by atoms with Crippen LogP contribution in [0.25, 0.3) is 0 Å². The van der Waals surface area contributed by atoms with Crippen molar-refractivity contribution in [1.82, 2.24) is 0 Å². The minimum atomic E-state index is -0.553. The number of carbonyl (C=O) groups is 4. The maximum atomic E-state index is 13.6. The normalized spacial score (nSPS) is 30.6. The molecule has 2 heterocycles. The standard InChI is InChI=1S/C30H28N2O4/c1-3-17-5-9-19(10-6-17)31-27(33)21-13-15-23-26-24(16-14-22(25(21)26)28(31)34)30(36)32(29(23)35)20-11-7-18(4-2)8-12-20/h5-16,21-26H,3-4H2,1-2H3/t21-,22-,23-,24-,25?,26?/m0/s1. The molecular weight excluding hydrogens is 452 g/mol. The van der Waals surface area contributed by atoms with Gasteiger partial charge in [0.05, 0.1) is 35.0 Å². The molecule has 4 atom stereocenters. The summed E-state index contributed by atoms with van der Waals surface area (Å²) in [5.41, 5.74) is 3.37. The van der Waals surface area contributed by atoms with Gasteiger partial charge >= 0.3 is 0 Å². The minimum Gasteiger partial charge on any atom is -0.273 e.